The summed E-state index contributed by atoms with van der Waals surface area (Å²) in [4.78, 5) is 34.8. The second-order valence-electron chi connectivity index (χ2n) is 5.06. The topological polar surface area (TPSA) is 90.6 Å². The molecule has 1 aromatic heterocycles. The Morgan fingerprint density at radius 3 is 2.86 bits per heavy atom. The van der Waals surface area contributed by atoms with Crippen molar-refractivity contribution in [3.63, 3.8) is 0 Å². The van der Waals surface area contributed by atoms with Crippen LogP contribution < -0.4 is 9.88 Å². The van der Waals surface area contributed by atoms with Crippen molar-refractivity contribution in [3.05, 3.63) is 41.9 Å². The Morgan fingerprint density at radius 1 is 1.50 bits per heavy atom. The number of nitrogens with zero attached hydrogens (tertiary/aromatic N) is 2. The van der Waals surface area contributed by atoms with Crippen LogP contribution in [-0.4, -0.2) is 45.5 Å². The van der Waals surface area contributed by atoms with Crippen LogP contribution in [0.4, 0.5) is 0 Å². The summed E-state index contributed by atoms with van der Waals surface area (Å²) >= 11 is 1.61. The van der Waals surface area contributed by atoms with E-state index in [1.807, 2.05) is 10.8 Å². The van der Waals surface area contributed by atoms with Gasteiger partial charge in [0.2, 0.25) is 6.41 Å². The average molecular weight is 320 g/mol. The number of amides is 2. The molecule has 0 aliphatic carbocycles. The average Bonchev–Trinajstić information content (AvgIpc) is 2.53. The summed E-state index contributed by atoms with van der Waals surface area (Å²) in [5.41, 5.74) is 1.30. The largest absolute Gasteiger partial charge is 0.478 e. The van der Waals surface area contributed by atoms with E-state index >= 15 is 0 Å². The number of aromatic nitrogens is 1. The number of fused-ring (bicyclic) bond motifs is 1. The van der Waals surface area contributed by atoms with Gasteiger partial charge in [0, 0.05) is 29.7 Å². The van der Waals surface area contributed by atoms with Crippen molar-refractivity contribution in [1.82, 2.24) is 10.2 Å². The van der Waals surface area contributed by atoms with Crippen LogP contribution in [0.25, 0.3) is 0 Å². The second kappa shape index (κ2) is 5.80. The van der Waals surface area contributed by atoms with Crippen molar-refractivity contribution < 1.29 is 24.1 Å². The third-order valence-electron chi connectivity index (χ3n) is 3.61. The molecule has 8 heteroatoms. The van der Waals surface area contributed by atoms with Crippen LogP contribution in [0, 0.1) is 0 Å². The van der Waals surface area contributed by atoms with Gasteiger partial charge in [0.1, 0.15) is 11.4 Å². The zero-order valence-electron chi connectivity index (χ0n) is 11.5. The lowest BCUT2D eigenvalue weighted by atomic mass is 10.1. The van der Waals surface area contributed by atoms with E-state index in [-0.39, 0.29) is 16.8 Å². The molecule has 0 unspecified atom stereocenters. The Balaban J connectivity index is 1.67. The number of nitrogens with one attached hydrogen (secondary N) is 1. The smallest absolute Gasteiger partial charge is 0.336 e. The van der Waals surface area contributed by atoms with E-state index in [4.69, 9.17) is 5.11 Å². The molecule has 0 bridgehead atoms. The summed E-state index contributed by atoms with van der Waals surface area (Å²) in [6.07, 6.45) is 5.79. The normalized spacial score (nSPS) is 23.2. The van der Waals surface area contributed by atoms with Crippen molar-refractivity contribution in [2.24, 2.45) is 0 Å². The third kappa shape index (κ3) is 2.57. The van der Waals surface area contributed by atoms with Crippen LogP contribution in [-0.2, 0) is 16.1 Å². The zero-order chi connectivity index (χ0) is 15.7. The molecule has 114 valence electrons. The van der Waals surface area contributed by atoms with Crippen LogP contribution in [0.3, 0.4) is 0 Å². The number of carboxylic acids is 1. The first kappa shape index (κ1) is 14.6. The summed E-state index contributed by atoms with van der Waals surface area (Å²) in [7, 11) is 0. The molecular formula is C14H14N3O4S+. The van der Waals surface area contributed by atoms with Crippen LogP contribution in [0.5, 0.6) is 0 Å². The number of carboxylic acid groups (broad SMARTS) is 1. The van der Waals surface area contributed by atoms with Crippen LogP contribution in [0.2, 0.25) is 0 Å². The predicted molar refractivity (Wildman–Crippen MR) is 77.8 cm³/mol. The lowest BCUT2D eigenvalue weighted by Gasteiger charge is -2.46. The number of carbonyl (C=O) groups excluding carboxylic acids is 2. The number of rotatable bonds is 5. The van der Waals surface area contributed by atoms with E-state index < -0.39 is 12.0 Å². The molecule has 0 spiro atoms. The van der Waals surface area contributed by atoms with Crippen molar-refractivity contribution in [2.45, 2.75) is 18.0 Å². The fourth-order valence-corrected chi connectivity index (χ4v) is 3.74. The van der Waals surface area contributed by atoms with Gasteiger partial charge in [-0.05, 0) is 0 Å². The van der Waals surface area contributed by atoms with E-state index in [1.165, 1.54) is 0 Å². The molecule has 0 saturated carbocycles. The first-order chi connectivity index (χ1) is 10.6. The second-order valence-corrected chi connectivity index (χ2v) is 6.17. The number of pyridine rings is 1. The molecule has 1 saturated heterocycles. The first-order valence-electron chi connectivity index (χ1n) is 6.65. The lowest BCUT2D eigenvalue weighted by molar-refractivity contribution is -0.689. The van der Waals surface area contributed by atoms with Crippen molar-refractivity contribution in [3.8, 4) is 0 Å². The van der Waals surface area contributed by atoms with Crippen LogP contribution in [0.1, 0.15) is 10.4 Å². The first-order valence-corrected chi connectivity index (χ1v) is 7.70. The van der Waals surface area contributed by atoms with Gasteiger partial charge in [-0.15, -0.1) is 11.8 Å². The van der Waals surface area contributed by atoms with Gasteiger partial charge in [-0.3, -0.25) is 9.59 Å². The van der Waals surface area contributed by atoms with E-state index in [9.17, 15) is 14.4 Å². The molecule has 0 radical (unpaired) electrons. The molecule has 2 N–H and O–H groups in total. The molecule has 3 rings (SSSR count). The van der Waals surface area contributed by atoms with Gasteiger partial charge in [0.25, 0.3) is 5.91 Å². The molecule has 0 aromatic carbocycles. The third-order valence-corrected chi connectivity index (χ3v) is 4.99. The maximum Gasteiger partial charge on any atom is 0.336 e. The van der Waals surface area contributed by atoms with Gasteiger partial charge >= 0.3 is 5.97 Å². The minimum atomic E-state index is -0.956. The number of thioether (sulfide) groups is 1. The summed E-state index contributed by atoms with van der Waals surface area (Å²) < 4.78 is 1.87. The standard InChI is InChI=1S/C14H13N3O4S/c18-8-15-11-12(19)17-6-9(7-22-13(11)17)5-16-3-1-10(2-4-16)14(20)21/h1-4,6,8,11,13H,5,7H2,(H-,15,18,20,21)/p+1/t11-,13-/m1/s1. The fraction of sp³-hybridized carbons (Fsp3) is 0.286. The SMILES string of the molecule is O=CN[C@@H]1C(=O)N2C=C(C[n+]3ccc(C(=O)O)cc3)CS[C@H]12. The summed E-state index contributed by atoms with van der Waals surface area (Å²) in [5.74, 6) is -0.297. The quantitative estimate of drug-likeness (QED) is 0.437. The lowest BCUT2D eigenvalue weighted by Crippen LogP contribution is -2.67. The Morgan fingerprint density at radius 2 is 2.23 bits per heavy atom. The predicted octanol–water partition coefficient (Wildman–Crippen LogP) is -0.414. The van der Waals surface area contributed by atoms with Gasteiger partial charge in [-0.2, -0.15) is 0 Å². The zero-order valence-corrected chi connectivity index (χ0v) is 12.3. The van der Waals surface area contributed by atoms with Crippen LogP contribution >= 0.6 is 11.8 Å². The number of carbonyl (C=O) groups is 3. The molecular weight excluding hydrogens is 306 g/mol. The molecule has 2 aliphatic rings. The van der Waals surface area contributed by atoms with E-state index in [0.717, 1.165) is 11.3 Å². The Labute approximate surface area is 130 Å². The van der Waals surface area contributed by atoms with Gasteiger partial charge in [-0.1, -0.05) is 0 Å². The van der Waals surface area contributed by atoms with E-state index in [0.29, 0.717) is 13.0 Å². The number of hydrogen-bond donors (Lipinski definition) is 2. The number of hydrogen-bond acceptors (Lipinski definition) is 4. The van der Waals surface area contributed by atoms with E-state index in [1.54, 1.807) is 41.2 Å². The summed E-state index contributed by atoms with van der Waals surface area (Å²) in [6.45, 7) is 0.592. The summed E-state index contributed by atoms with van der Waals surface area (Å²) in [5, 5.41) is 11.4. The van der Waals surface area contributed by atoms with Crippen LogP contribution in [0.15, 0.2) is 36.3 Å². The fourth-order valence-electron chi connectivity index (χ4n) is 2.48. The highest BCUT2D eigenvalue weighted by Gasteiger charge is 2.48. The monoisotopic (exact) mass is 320 g/mol. The Hall–Kier alpha value is -2.35. The number of aromatic carboxylic acids is 1. The molecule has 2 amide bonds. The van der Waals surface area contributed by atoms with Crippen molar-refractivity contribution in [2.75, 3.05) is 5.75 Å². The number of β-lactam (4-membered cyclic amide) rings is 1. The maximum atomic E-state index is 11.9. The van der Waals surface area contributed by atoms with E-state index in [2.05, 4.69) is 5.32 Å². The van der Waals surface area contributed by atoms with Gasteiger partial charge < -0.3 is 15.3 Å². The van der Waals surface area contributed by atoms with Crippen molar-refractivity contribution in [1.29, 1.82) is 0 Å². The molecule has 22 heavy (non-hydrogen) atoms. The van der Waals surface area contributed by atoms with Crippen molar-refractivity contribution >= 4 is 30.0 Å². The van der Waals surface area contributed by atoms with Gasteiger partial charge in [0.15, 0.2) is 18.9 Å². The minimum Gasteiger partial charge on any atom is -0.478 e. The summed E-state index contributed by atoms with van der Waals surface area (Å²) in [6, 6.07) is 2.66. The Kier molecular flexibility index (Phi) is 3.84. The maximum absolute atomic E-state index is 11.9. The highest BCUT2D eigenvalue weighted by atomic mass is 32.2. The van der Waals surface area contributed by atoms with Gasteiger partial charge in [-0.25, -0.2) is 9.36 Å². The van der Waals surface area contributed by atoms with Gasteiger partial charge in [0.05, 0.1) is 5.56 Å². The molecule has 1 aromatic rings. The molecule has 7 nitrogen and oxygen atoms in total. The molecule has 3 heterocycles. The Bertz CT molecular complexity index is 659. The highest BCUT2D eigenvalue weighted by Crippen LogP contribution is 2.35. The highest BCUT2D eigenvalue weighted by molar-refractivity contribution is 8.00. The minimum absolute atomic E-state index is 0.0270. The molecule has 2 aliphatic heterocycles. The molecule has 2 atom stereocenters. The molecule has 1 fully saturated rings.